The first-order valence-corrected chi connectivity index (χ1v) is 7.90. The van der Waals surface area contributed by atoms with E-state index in [-0.39, 0.29) is 0 Å². The molecule has 2 aromatic heterocycles. The molecule has 1 aliphatic heterocycles. The van der Waals surface area contributed by atoms with Gasteiger partial charge in [0.1, 0.15) is 17.0 Å². The first-order chi connectivity index (χ1) is 9.38. The van der Waals surface area contributed by atoms with Crippen LogP contribution in [0.4, 0.5) is 5.82 Å². The number of nitrogens with zero attached hydrogens (tertiary/aromatic N) is 3. The SMILES string of the molecule is CCN(CC1CCNCC1)c1ncnc2sccc12. The van der Waals surface area contributed by atoms with E-state index in [4.69, 9.17) is 0 Å². The van der Waals surface area contributed by atoms with Crippen LogP contribution in [0.2, 0.25) is 0 Å². The number of hydrogen-bond acceptors (Lipinski definition) is 5. The number of piperidine rings is 1. The highest BCUT2D eigenvalue weighted by atomic mass is 32.1. The molecule has 0 atom stereocenters. The van der Waals surface area contributed by atoms with Gasteiger partial charge >= 0.3 is 0 Å². The minimum absolute atomic E-state index is 0.782. The molecule has 1 fully saturated rings. The van der Waals surface area contributed by atoms with Crippen LogP contribution in [0.15, 0.2) is 17.8 Å². The number of nitrogens with one attached hydrogen (secondary N) is 1. The van der Waals surface area contributed by atoms with Crippen molar-refractivity contribution in [1.82, 2.24) is 15.3 Å². The fourth-order valence-corrected chi connectivity index (χ4v) is 3.50. The molecular weight excluding hydrogens is 256 g/mol. The molecule has 19 heavy (non-hydrogen) atoms. The van der Waals surface area contributed by atoms with Crippen molar-refractivity contribution in [2.75, 3.05) is 31.1 Å². The third-order valence-electron chi connectivity index (χ3n) is 3.86. The number of fused-ring (bicyclic) bond motifs is 1. The molecule has 0 bridgehead atoms. The molecule has 0 radical (unpaired) electrons. The van der Waals surface area contributed by atoms with Crippen molar-refractivity contribution in [2.24, 2.45) is 5.92 Å². The lowest BCUT2D eigenvalue weighted by atomic mass is 9.97. The highest BCUT2D eigenvalue weighted by Gasteiger charge is 2.18. The lowest BCUT2D eigenvalue weighted by Crippen LogP contribution is -2.36. The molecule has 0 unspecified atom stereocenters. The van der Waals surface area contributed by atoms with Crippen molar-refractivity contribution in [3.05, 3.63) is 17.8 Å². The molecule has 1 saturated heterocycles. The lowest BCUT2D eigenvalue weighted by molar-refractivity contribution is 0.374. The maximum absolute atomic E-state index is 4.52. The van der Waals surface area contributed by atoms with Crippen LogP contribution in [0.3, 0.4) is 0 Å². The first kappa shape index (κ1) is 12.8. The number of rotatable bonds is 4. The summed E-state index contributed by atoms with van der Waals surface area (Å²) in [6.45, 7) is 6.63. The van der Waals surface area contributed by atoms with Crippen molar-refractivity contribution in [2.45, 2.75) is 19.8 Å². The number of hydrogen-bond donors (Lipinski definition) is 1. The van der Waals surface area contributed by atoms with Gasteiger partial charge in [-0.15, -0.1) is 11.3 Å². The zero-order chi connectivity index (χ0) is 13.1. The van der Waals surface area contributed by atoms with E-state index >= 15 is 0 Å². The summed E-state index contributed by atoms with van der Waals surface area (Å²) in [5, 5.41) is 6.72. The Morgan fingerprint density at radius 2 is 2.21 bits per heavy atom. The molecule has 3 rings (SSSR count). The Balaban J connectivity index is 1.82. The van der Waals surface area contributed by atoms with Crippen molar-refractivity contribution in [3.63, 3.8) is 0 Å². The van der Waals surface area contributed by atoms with Gasteiger partial charge in [0.2, 0.25) is 0 Å². The minimum atomic E-state index is 0.782. The summed E-state index contributed by atoms with van der Waals surface area (Å²) in [5.74, 6) is 1.89. The molecule has 1 N–H and O–H groups in total. The molecule has 3 heterocycles. The van der Waals surface area contributed by atoms with Gasteiger partial charge in [0, 0.05) is 13.1 Å². The van der Waals surface area contributed by atoms with Gasteiger partial charge in [0.25, 0.3) is 0 Å². The fraction of sp³-hybridized carbons (Fsp3) is 0.571. The Kier molecular flexibility index (Phi) is 3.94. The molecule has 102 valence electrons. The number of anilines is 1. The van der Waals surface area contributed by atoms with Gasteiger partial charge in [-0.3, -0.25) is 0 Å². The van der Waals surface area contributed by atoms with Gasteiger partial charge in [-0.05, 0) is 50.2 Å². The highest BCUT2D eigenvalue weighted by Crippen LogP contribution is 2.28. The van der Waals surface area contributed by atoms with Crippen LogP contribution in [0.1, 0.15) is 19.8 Å². The van der Waals surface area contributed by atoms with Gasteiger partial charge in [-0.2, -0.15) is 0 Å². The molecule has 2 aromatic rings. The lowest BCUT2D eigenvalue weighted by Gasteiger charge is -2.30. The normalized spacial score (nSPS) is 16.9. The summed E-state index contributed by atoms with van der Waals surface area (Å²) in [4.78, 5) is 12.4. The Morgan fingerprint density at radius 3 is 3.00 bits per heavy atom. The molecule has 0 aromatic carbocycles. The molecule has 0 saturated carbocycles. The van der Waals surface area contributed by atoms with Crippen LogP contribution in [0.5, 0.6) is 0 Å². The quantitative estimate of drug-likeness (QED) is 0.931. The second-order valence-electron chi connectivity index (χ2n) is 5.07. The van der Waals surface area contributed by atoms with E-state index < -0.39 is 0 Å². The Labute approximate surface area is 117 Å². The van der Waals surface area contributed by atoms with Crippen LogP contribution in [0.25, 0.3) is 10.2 Å². The Hall–Kier alpha value is -1.20. The monoisotopic (exact) mass is 276 g/mol. The van der Waals surface area contributed by atoms with Crippen molar-refractivity contribution < 1.29 is 0 Å². The van der Waals surface area contributed by atoms with Crippen LogP contribution >= 0.6 is 11.3 Å². The van der Waals surface area contributed by atoms with Gasteiger partial charge in [-0.1, -0.05) is 0 Å². The van der Waals surface area contributed by atoms with Crippen molar-refractivity contribution in [1.29, 1.82) is 0 Å². The Morgan fingerprint density at radius 1 is 1.37 bits per heavy atom. The van der Waals surface area contributed by atoms with Crippen LogP contribution < -0.4 is 10.2 Å². The van der Waals surface area contributed by atoms with Gasteiger partial charge in [0.05, 0.1) is 5.39 Å². The van der Waals surface area contributed by atoms with E-state index in [1.54, 1.807) is 17.7 Å². The van der Waals surface area contributed by atoms with Crippen LogP contribution in [-0.2, 0) is 0 Å². The predicted octanol–water partition coefficient (Wildman–Crippen LogP) is 2.52. The van der Waals surface area contributed by atoms with E-state index in [1.165, 1.54) is 18.2 Å². The maximum Gasteiger partial charge on any atom is 0.140 e. The van der Waals surface area contributed by atoms with Gasteiger partial charge < -0.3 is 10.2 Å². The fourth-order valence-electron chi connectivity index (χ4n) is 2.77. The largest absolute Gasteiger partial charge is 0.356 e. The molecule has 0 amide bonds. The highest BCUT2D eigenvalue weighted by molar-refractivity contribution is 7.16. The molecular formula is C14H20N4S. The summed E-state index contributed by atoms with van der Waals surface area (Å²) in [6, 6.07) is 2.14. The molecule has 0 aliphatic carbocycles. The van der Waals surface area contributed by atoms with E-state index in [2.05, 4.69) is 38.6 Å². The van der Waals surface area contributed by atoms with E-state index in [0.29, 0.717) is 0 Å². The second kappa shape index (κ2) is 5.84. The zero-order valence-corrected chi connectivity index (χ0v) is 12.1. The Bertz CT molecular complexity index is 533. The average molecular weight is 276 g/mol. The predicted molar refractivity (Wildman–Crippen MR) is 80.9 cm³/mol. The molecule has 5 heteroatoms. The summed E-state index contributed by atoms with van der Waals surface area (Å²) >= 11 is 1.69. The second-order valence-corrected chi connectivity index (χ2v) is 5.96. The van der Waals surface area contributed by atoms with Gasteiger partial charge in [-0.25, -0.2) is 9.97 Å². The van der Waals surface area contributed by atoms with Crippen molar-refractivity contribution >= 4 is 27.4 Å². The van der Waals surface area contributed by atoms with E-state index in [9.17, 15) is 0 Å². The average Bonchev–Trinajstić information content (AvgIpc) is 2.94. The topological polar surface area (TPSA) is 41.0 Å². The zero-order valence-electron chi connectivity index (χ0n) is 11.3. The molecule has 1 aliphatic rings. The summed E-state index contributed by atoms with van der Waals surface area (Å²) in [6.07, 6.45) is 4.24. The smallest absolute Gasteiger partial charge is 0.140 e. The van der Waals surface area contributed by atoms with Crippen molar-refractivity contribution in [3.8, 4) is 0 Å². The minimum Gasteiger partial charge on any atom is -0.356 e. The molecule has 0 spiro atoms. The molecule has 4 nitrogen and oxygen atoms in total. The number of thiophene rings is 1. The van der Waals surface area contributed by atoms with Gasteiger partial charge in [0.15, 0.2) is 0 Å². The third-order valence-corrected chi connectivity index (χ3v) is 4.68. The maximum atomic E-state index is 4.52. The summed E-state index contributed by atoms with van der Waals surface area (Å²) < 4.78 is 0. The summed E-state index contributed by atoms with van der Waals surface area (Å²) in [7, 11) is 0. The number of aromatic nitrogens is 2. The van der Waals surface area contributed by atoms with E-state index in [1.807, 2.05) is 0 Å². The third kappa shape index (κ3) is 2.72. The van der Waals surface area contributed by atoms with Crippen LogP contribution in [-0.4, -0.2) is 36.1 Å². The van der Waals surface area contributed by atoms with Crippen LogP contribution in [0, 0.1) is 5.92 Å². The summed E-state index contributed by atoms with van der Waals surface area (Å²) in [5.41, 5.74) is 0. The standard InChI is InChI=1S/C14H20N4S/c1-2-18(9-11-3-6-15-7-4-11)13-12-5-8-19-14(12)17-10-16-13/h5,8,10-11,15H,2-4,6-7,9H2,1H3. The first-order valence-electron chi connectivity index (χ1n) is 7.02. The van der Waals surface area contributed by atoms with E-state index in [0.717, 1.165) is 42.7 Å².